The lowest BCUT2D eigenvalue weighted by atomic mass is 10.1. The Kier molecular flexibility index (Phi) is 4.06. The lowest BCUT2D eigenvalue weighted by molar-refractivity contribution is -0.148. The van der Waals surface area contributed by atoms with Crippen LogP contribution in [0.2, 0.25) is 0 Å². The molecule has 0 aromatic carbocycles. The highest BCUT2D eigenvalue weighted by atomic mass is 32.1. The van der Waals surface area contributed by atoms with E-state index >= 15 is 0 Å². The monoisotopic (exact) mass is 199 g/mol. The van der Waals surface area contributed by atoms with Gasteiger partial charge in [-0.2, -0.15) is 0 Å². The van der Waals surface area contributed by atoms with Crippen molar-refractivity contribution in [2.75, 3.05) is 6.61 Å². The minimum absolute atomic E-state index is 0.0107. The van der Waals surface area contributed by atoms with Gasteiger partial charge in [0.2, 0.25) is 0 Å². The molecule has 1 rings (SSSR count). The van der Waals surface area contributed by atoms with Gasteiger partial charge in [-0.25, -0.2) is 4.99 Å². The minimum Gasteiger partial charge on any atom is -0.466 e. The summed E-state index contributed by atoms with van der Waals surface area (Å²) < 4.78 is 4.94. The van der Waals surface area contributed by atoms with Gasteiger partial charge in [0.25, 0.3) is 0 Å². The van der Waals surface area contributed by atoms with Crippen LogP contribution in [-0.2, 0) is 9.53 Å². The third kappa shape index (κ3) is 2.61. The van der Waals surface area contributed by atoms with Gasteiger partial charge in [0.15, 0.2) is 0 Å². The van der Waals surface area contributed by atoms with Gasteiger partial charge in [-0.1, -0.05) is 6.42 Å². The Labute approximate surface area is 83.2 Å². The van der Waals surface area contributed by atoms with E-state index in [-0.39, 0.29) is 17.9 Å². The van der Waals surface area contributed by atoms with Crippen molar-refractivity contribution in [1.29, 1.82) is 0 Å². The van der Waals surface area contributed by atoms with Crippen LogP contribution in [0.1, 0.15) is 26.2 Å². The van der Waals surface area contributed by atoms with E-state index in [4.69, 9.17) is 4.74 Å². The quantitative estimate of drug-likeness (QED) is 0.395. The smallest absolute Gasteiger partial charge is 0.311 e. The number of nitrogens with zero attached hydrogens (tertiary/aromatic N) is 1. The maximum absolute atomic E-state index is 11.4. The molecule has 0 aromatic rings. The zero-order chi connectivity index (χ0) is 9.68. The highest BCUT2D eigenvalue weighted by molar-refractivity contribution is 7.78. The van der Waals surface area contributed by atoms with Gasteiger partial charge in [-0.05, 0) is 32.0 Å². The van der Waals surface area contributed by atoms with Gasteiger partial charge >= 0.3 is 5.97 Å². The molecule has 0 bridgehead atoms. The molecule has 0 heterocycles. The summed E-state index contributed by atoms with van der Waals surface area (Å²) in [6.45, 7) is 2.24. The number of hydrogen-bond donors (Lipinski definition) is 0. The number of hydrogen-bond acceptors (Lipinski definition) is 4. The highest BCUT2D eigenvalue weighted by Gasteiger charge is 2.33. The van der Waals surface area contributed by atoms with Crippen LogP contribution in [0.4, 0.5) is 0 Å². The van der Waals surface area contributed by atoms with Crippen LogP contribution < -0.4 is 0 Å². The molecule has 0 aromatic heterocycles. The number of ether oxygens (including phenoxy) is 1. The van der Waals surface area contributed by atoms with Gasteiger partial charge in [0.1, 0.15) is 0 Å². The summed E-state index contributed by atoms with van der Waals surface area (Å²) in [4.78, 5) is 15.4. The molecule has 0 saturated heterocycles. The number of rotatable bonds is 3. The predicted molar refractivity (Wildman–Crippen MR) is 52.8 cm³/mol. The van der Waals surface area contributed by atoms with E-state index in [9.17, 15) is 4.79 Å². The first-order chi connectivity index (χ1) is 6.29. The number of aliphatic imine (C=N–C) groups is 1. The summed E-state index contributed by atoms with van der Waals surface area (Å²) in [7, 11) is 0. The third-order valence-corrected chi connectivity index (χ3v) is 2.39. The number of carbonyl (C=O) groups is 1. The Bertz CT molecular complexity index is 236. The lowest BCUT2D eigenvalue weighted by Crippen LogP contribution is -2.23. The first-order valence-corrected chi connectivity index (χ1v) is 4.94. The van der Waals surface area contributed by atoms with Crippen molar-refractivity contribution in [1.82, 2.24) is 0 Å². The first kappa shape index (κ1) is 10.4. The van der Waals surface area contributed by atoms with Crippen LogP contribution in [0.3, 0.4) is 0 Å². The van der Waals surface area contributed by atoms with Crippen LogP contribution in [0.5, 0.6) is 0 Å². The molecule has 4 heteroatoms. The molecule has 1 fully saturated rings. The summed E-state index contributed by atoms with van der Waals surface area (Å²) in [5.41, 5.74) is 0. The van der Waals surface area contributed by atoms with Crippen molar-refractivity contribution in [3.63, 3.8) is 0 Å². The molecule has 0 N–H and O–H groups in total. The molecule has 1 aliphatic rings. The molecular weight excluding hydrogens is 186 g/mol. The molecular formula is C9H13NO2S. The van der Waals surface area contributed by atoms with E-state index in [0.29, 0.717) is 6.61 Å². The van der Waals surface area contributed by atoms with E-state index in [1.165, 1.54) is 0 Å². The highest BCUT2D eigenvalue weighted by Crippen LogP contribution is 2.29. The van der Waals surface area contributed by atoms with Gasteiger partial charge in [-0.3, -0.25) is 4.79 Å². The molecule has 13 heavy (non-hydrogen) atoms. The van der Waals surface area contributed by atoms with Crippen LogP contribution in [0, 0.1) is 5.92 Å². The van der Waals surface area contributed by atoms with E-state index < -0.39 is 0 Å². The second kappa shape index (κ2) is 5.10. The summed E-state index contributed by atoms with van der Waals surface area (Å²) in [6.07, 6.45) is 2.81. The van der Waals surface area contributed by atoms with Gasteiger partial charge in [-0.15, -0.1) is 0 Å². The van der Waals surface area contributed by atoms with Crippen molar-refractivity contribution in [3.8, 4) is 0 Å². The van der Waals surface area contributed by atoms with E-state index in [1.807, 2.05) is 6.92 Å². The van der Waals surface area contributed by atoms with Crippen molar-refractivity contribution >= 4 is 23.3 Å². The zero-order valence-electron chi connectivity index (χ0n) is 7.66. The molecule has 1 saturated carbocycles. The van der Waals surface area contributed by atoms with Crippen LogP contribution in [0.25, 0.3) is 0 Å². The molecule has 2 atom stereocenters. The number of carbonyl (C=O) groups excluding carboxylic acids is 1. The second-order valence-corrected chi connectivity index (χ2v) is 3.26. The minimum atomic E-state index is -0.140. The molecule has 0 radical (unpaired) electrons. The van der Waals surface area contributed by atoms with Crippen molar-refractivity contribution in [2.45, 2.75) is 32.2 Å². The molecule has 0 aliphatic heterocycles. The standard InChI is InChI=1S/C9H13NO2S/c1-2-12-9(11)7-4-3-5-8(7)10-6-13/h7-8H,2-5H2,1H3/t7-,8+/m0/s1. The number of isothiocyanates is 1. The van der Waals surface area contributed by atoms with Gasteiger partial charge < -0.3 is 4.74 Å². The van der Waals surface area contributed by atoms with Crippen LogP contribution >= 0.6 is 12.2 Å². The lowest BCUT2D eigenvalue weighted by Gasteiger charge is -2.12. The Morgan fingerprint density at radius 1 is 1.69 bits per heavy atom. The Morgan fingerprint density at radius 2 is 2.46 bits per heavy atom. The SMILES string of the molecule is CCOC(=O)[C@H]1CCC[C@H]1N=C=S. The van der Waals surface area contributed by atoms with Gasteiger partial charge in [0, 0.05) is 0 Å². The molecule has 0 amide bonds. The molecule has 1 aliphatic carbocycles. The van der Waals surface area contributed by atoms with E-state index in [0.717, 1.165) is 19.3 Å². The van der Waals surface area contributed by atoms with Crippen molar-refractivity contribution in [3.05, 3.63) is 0 Å². The van der Waals surface area contributed by atoms with E-state index in [2.05, 4.69) is 22.4 Å². The molecule has 0 unspecified atom stereocenters. The molecule has 0 spiro atoms. The topological polar surface area (TPSA) is 38.7 Å². The maximum Gasteiger partial charge on any atom is 0.311 e. The summed E-state index contributed by atoms with van der Waals surface area (Å²) in [5, 5.41) is 2.34. The average Bonchev–Trinajstić information content (AvgIpc) is 2.54. The predicted octanol–water partition coefficient (Wildman–Crippen LogP) is 1.82. The fraction of sp³-hybridized carbons (Fsp3) is 0.778. The maximum atomic E-state index is 11.4. The molecule has 3 nitrogen and oxygen atoms in total. The summed E-state index contributed by atoms with van der Waals surface area (Å²) in [5.74, 6) is -0.227. The zero-order valence-corrected chi connectivity index (χ0v) is 8.47. The fourth-order valence-corrected chi connectivity index (χ4v) is 1.82. The number of esters is 1. The van der Waals surface area contributed by atoms with Crippen LogP contribution in [0.15, 0.2) is 4.99 Å². The van der Waals surface area contributed by atoms with E-state index in [1.54, 1.807) is 0 Å². The first-order valence-electron chi connectivity index (χ1n) is 4.53. The number of thiocarbonyl (C=S) groups is 1. The summed E-state index contributed by atoms with van der Waals surface area (Å²) >= 11 is 4.52. The van der Waals surface area contributed by atoms with Gasteiger partial charge in [0.05, 0.1) is 23.7 Å². The average molecular weight is 199 g/mol. The second-order valence-electron chi connectivity index (χ2n) is 3.08. The largest absolute Gasteiger partial charge is 0.466 e. The molecule has 72 valence electrons. The van der Waals surface area contributed by atoms with Crippen LogP contribution in [-0.4, -0.2) is 23.8 Å². The summed E-state index contributed by atoms with van der Waals surface area (Å²) in [6, 6.07) is 0.0107. The Hall–Kier alpha value is -0.730. The van der Waals surface area contributed by atoms with Crippen molar-refractivity contribution in [2.24, 2.45) is 10.9 Å². The normalized spacial score (nSPS) is 26.5. The Balaban J connectivity index is 2.57. The fourth-order valence-electron chi connectivity index (χ4n) is 1.69. The third-order valence-electron chi connectivity index (χ3n) is 2.29. The Morgan fingerprint density at radius 3 is 3.08 bits per heavy atom. The van der Waals surface area contributed by atoms with Crippen molar-refractivity contribution < 1.29 is 9.53 Å².